The average Bonchev–Trinajstić information content (AvgIpc) is 2.62. The number of rotatable bonds is 2. The van der Waals surface area contributed by atoms with Crippen LogP contribution in [0.5, 0.6) is 0 Å². The molecule has 0 amide bonds. The molecule has 2 atom stereocenters. The van der Waals surface area contributed by atoms with Gasteiger partial charge in [-0.1, -0.05) is 0 Å². The van der Waals surface area contributed by atoms with Crippen LogP contribution in [0.1, 0.15) is 22.9 Å². The SMILES string of the molecule is CN(C)C1CC(C(=O)O)Cc2sncc21. The third-order valence-corrected chi connectivity index (χ3v) is 3.78. The summed E-state index contributed by atoms with van der Waals surface area (Å²) in [5, 5.41) is 9.07. The van der Waals surface area contributed by atoms with Gasteiger partial charge in [-0.15, -0.1) is 0 Å². The number of carboxylic acid groups (broad SMARTS) is 1. The van der Waals surface area contributed by atoms with Crippen LogP contribution in [-0.2, 0) is 11.2 Å². The number of carboxylic acids is 1. The summed E-state index contributed by atoms with van der Waals surface area (Å²) in [6.07, 6.45) is 3.20. The van der Waals surface area contributed by atoms with Crippen LogP contribution in [0.4, 0.5) is 0 Å². The van der Waals surface area contributed by atoms with Crippen molar-refractivity contribution in [1.29, 1.82) is 0 Å². The van der Waals surface area contributed by atoms with E-state index in [1.165, 1.54) is 17.1 Å². The normalized spacial score (nSPS) is 25.3. The van der Waals surface area contributed by atoms with Crippen molar-refractivity contribution >= 4 is 17.5 Å². The zero-order valence-corrected chi connectivity index (χ0v) is 9.62. The fourth-order valence-corrected chi connectivity index (χ4v) is 2.94. The first kappa shape index (κ1) is 10.6. The fourth-order valence-electron chi connectivity index (χ4n) is 2.08. The molecule has 1 aromatic heterocycles. The molecule has 1 N–H and O–H groups in total. The van der Waals surface area contributed by atoms with Crippen molar-refractivity contribution in [3.63, 3.8) is 0 Å². The largest absolute Gasteiger partial charge is 0.481 e. The Hall–Kier alpha value is -0.940. The zero-order chi connectivity index (χ0) is 11.0. The predicted molar refractivity (Wildman–Crippen MR) is 58.0 cm³/mol. The molecule has 5 heteroatoms. The maximum atomic E-state index is 11.0. The molecule has 0 aliphatic heterocycles. The van der Waals surface area contributed by atoms with Gasteiger partial charge in [-0.25, -0.2) is 4.37 Å². The van der Waals surface area contributed by atoms with E-state index in [-0.39, 0.29) is 12.0 Å². The second-order valence-corrected chi connectivity index (χ2v) is 5.04. The van der Waals surface area contributed by atoms with Gasteiger partial charge in [0.05, 0.1) is 5.92 Å². The number of carbonyl (C=O) groups is 1. The van der Waals surface area contributed by atoms with E-state index in [4.69, 9.17) is 5.11 Å². The Bertz CT molecular complexity index is 375. The summed E-state index contributed by atoms with van der Waals surface area (Å²) >= 11 is 1.43. The van der Waals surface area contributed by atoms with E-state index in [9.17, 15) is 4.79 Å². The third kappa shape index (κ3) is 1.89. The highest BCUT2D eigenvalue weighted by Gasteiger charge is 2.33. The van der Waals surface area contributed by atoms with Gasteiger partial charge in [-0.3, -0.25) is 4.79 Å². The first-order chi connectivity index (χ1) is 7.09. The molecule has 2 unspecified atom stereocenters. The molecule has 1 aliphatic rings. The number of hydrogen-bond donors (Lipinski definition) is 1. The van der Waals surface area contributed by atoms with Crippen molar-refractivity contribution < 1.29 is 9.90 Å². The van der Waals surface area contributed by atoms with Crippen molar-refractivity contribution in [3.8, 4) is 0 Å². The van der Waals surface area contributed by atoms with Gasteiger partial charge in [0.15, 0.2) is 0 Å². The highest BCUT2D eigenvalue weighted by molar-refractivity contribution is 7.05. The minimum absolute atomic E-state index is 0.202. The Morgan fingerprint density at radius 2 is 2.40 bits per heavy atom. The molecule has 1 heterocycles. The Kier molecular flexibility index (Phi) is 2.75. The van der Waals surface area contributed by atoms with E-state index < -0.39 is 5.97 Å². The molecule has 0 radical (unpaired) electrons. The lowest BCUT2D eigenvalue weighted by Crippen LogP contribution is -2.31. The molecule has 0 fully saturated rings. The minimum Gasteiger partial charge on any atom is -0.481 e. The summed E-state index contributed by atoms with van der Waals surface area (Å²) in [5.74, 6) is -0.953. The fraction of sp³-hybridized carbons (Fsp3) is 0.600. The summed E-state index contributed by atoms with van der Waals surface area (Å²) in [7, 11) is 3.96. The Morgan fingerprint density at radius 3 is 3.00 bits per heavy atom. The lowest BCUT2D eigenvalue weighted by Gasteiger charge is -2.31. The summed E-state index contributed by atoms with van der Waals surface area (Å²) in [4.78, 5) is 14.2. The van der Waals surface area contributed by atoms with Crippen molar-refractivity contribution in [2.24, 2.45) is 5.92 Å². The van der Waals surface area contributed by atoms with E-state index in [2.05, 4.69) is 9.27 Å². The van der Waals surface area contributed by atoms with E-state index in [1.807, 2.05) is 20.3 Å². The maximum absolute atomic E-state index is 11.0. The lowest BCUT2D eigenvalue weighted by molar-refractivity contribution is -0.142. The van der Waals surface area contributed by atoms with Crippen molar-refractivity contribution in [2.45, 2.75) is 18.9 Å². The second kappa shape index (κ2) is 3.90. The van der Waals surface area contributed by atoms with E-state index in [0.717, 1.165) is 4.88 Å². The second-order valence-electron chi connectivity index (χ2n) is 4.16. The van der Waals surface area contributed by atoms with Crippen molar-refractivity contribution in [1.82, 2.24) is 9.27 Å². The Morgan fingerprint density at radius 1 is 1.67 bits per heavy atom. The summed E-state index contributed by atoms with van der Waals surface area (Å²) < 4.78 is 4.15. The molecule has 0 spiro atoms. The molecule has 0 bridgehead atoms. The van der Waals surface area contributed by atoms with Crippen LogP contribution in [-0.4, -0.2) is 34.4 Å². The molecule has 1 aromatic rings. The van der Waals surface area contributed by atoms with Gasteiger partial charge in [0.25, 0.3) is 0 Å². The number of hydrogen-bond acceptors (Lipinski definition) is 4. The van der Waals surface area contributed by atoms with Crippen LogP contribution in [0, 0.1) is 5.92 Å². The molecule has 0 aromatic carbocycles. The first-order valence-corrected chi connectivity index (χ1v) is 5.69. The van der Waals surface area contributed by atoms with Crippen molar-refractivity contribution in [2.75, 3.05) is 14.1 Å². The van der Waals surface area contributed by atoms with Gasteiger partial charge >= 0.3 is 5.97 Å². The van der Waals surface area contributed by atoms with E-state index >= 15 is 0 Å². The topological polar surface area (TPSA) is 53.4 Å². The van der Waals surface area contributed by atoms with Crippen LogP contribution in [0.25, 0.3) is 0 Å². The monoisotopic (exact) mass is 226 g/mol. The number of aromatic nitrogens is 1. The standard InChI is InChI=1S/C10H14N2O2S/c1-12(2)8-3-6(10(13)14)4-9-7(8)5-11-15-9/h5-6,8H,3-4H2,1-2H3,(H,13,14). The average molecular weight is 226 g/mol. The smallest absolute Gasteiger partial charge is 0.306 e. The summed E-state index contributed by atoms with van der Waals surface area (Å²) in [6.45, 7) is 0. The first-order valence-electron chi connectivity index (χ1n) is 4.92. The van der Waals surface area contributed by atoms with Crippen LogP contribution >= 0.6 is 11.5 Å². The molecule has 15 heavy (non-hydrogen) atoms. The highest BCUT2D eigenvalue weighted by atomic mass is 32.1. The van der Waals surface area contributed by atoms with Crippen LogP contribution in [0.3, 0.4) is 0 Å². The van der Waals surface area contributed by atoms with Gasteiger partial charge in [-0.05, 0) is 38.5 Å². The third-order valence-electron chi connectivity index (χ3n) is 2.95. The van der Waals surface area contributed by atoms with Gasteiger partial charge in [-0.2, -0.15) is 0 Å². The summed E-state index contributed by atoms with van der Waals surface area (Å²) in [5.41, 5.74) is 1.21. The van der Waals surface area contributed by atoms with Gasteiger partial charge in [0, 0.05) is 22.7 Å². The molecular formula is C10H14N2O2S. The Balaban J connectivity index is 2.31. The van der Waals surface area contributed by atoms with Crippen LogP contribution in [0.15, 0.2) is 6.20 Å². The number of nitrogens with zero attached hydrogens (tertiary/aromatic N) is 2. The Labute approximate surface area is 92.7 Å². The molecule has 2 rings (SSSR count). The molecule has 0 saturated heterocycles. The molecule has 82 valence electrons. The zero-order valence-electron chi connectivity index (χ0n) is 8.80. The molecule has 4 nitrogen and oxygen atoms in total. The maximum Gasteiger partial charge on any atom is 0.306 e. The van der Waals surface area contributed by atoms with Gasteiger partial charge < -0.3 is 10.0 Å². The minimum atomic E-state index is -0.694. The lowest BCUT2D eigenvalue weighted by atomic mass is 9.85. The summed E-state index contributed by atoms with van der Waals surface area (Å²) in [6, 6.07) is 0.202. The predicted octanol–water partition coefficient (Wildman–Crippen LogP) is 1.39. The van der Waals surface area contributed by atoms with E-state index in [0.29, 0.717) is 12.8 Å². The van der Waals surface area contributed by atoms with Crippen molar-refractivity contribution in [3.05, 3.63) is 16.6 Å². The van der Waals surface area contributed by atoms with Crippen LogP contribution in [0.2, 0.25) is 0 Å². The quantitative estimate of drug-likeness (QED) is 0.828. The van der Waals surface area contributed by atoms with Crippen LogP contribution < -0.4 is 0 Å². The molecular weight excluding hydrogens is 212 g/mol. The number of fused-ring (bicyclic) bond motifs is 1. The molecule has 0 saturated carbocycles. The van der Waals surface area contributed by atoms with Gasteiger partial charge in [0.2, 0.25) is 0 Å². The van der Waals surface area contributed by atoms with Gasteiger partial charge in [0.1, 0.15) is 0 Å². The number of aliphatic carboxylic acids is 1. The van der Waals surface area contributed by atoms with E-state index in [1.54, 1.807) is 0 Å². The highest BCUT2D eigenvalue weighted by Crippen LogP contribution is 2.37. The molecule has 1 aliphatic carbocycles.